The summed E-state index contributed by atoms with van der Waals surface area (Å²) in [5.74, 6) is 0.253. The van der Waals surface area contributed by atoms with Crippen molar-refractivity contribution in [3.63, 3.8) is 0 Å². The quantitative estimate of drug-likeness (QED) is 0.799. The summed E-state index contributed by atoms with van der Waals surface area (Å²) >= 11 is 0. The highest BCUT2D eigenvalue weighted by Gasteiger charge is 2.19. The molecule has 0 saturated carbocycles. The molecule has 0 atom stereocenters. The van der Waals surface area contributed by atoms with Crippen LogP contribution in [0.5, 0.6) is 0 Å². The Bertz CT molecular complexity index is 838. The molecule has 1 amide bonds. The SMILES string of the molecule is Cc1noc2nc(-c3ccccc3)cc(C(=O)NCC(C)C)c12. The first kappa shape index (κ1) is 15.2. The zero-order chi connectivity index (χ0) is 16.4. The van der Waals surface area contributed by atoms with Crippen molar-refractivity contribution < 1.29 is 9.32 Å². The number of carbonyl (C=O) groups excluding carboxylic acids is 1. The Kier molecular flexibility index (Phi) is 4.10. The summed E-state index contributed by atoms with van der Waals surface area (Å²) in [4.78, 5) is 17.1. The number of nitrogens with zero attached hydrogens (tertiary/aromatic N) is 2. The number of aryl methyl sites for hydroxylation is 1. The Morgan fingerprint density at radius 1 is 1.26 bits per heavy atom. The smallest absolute Gasteiger partial charge is 0.259 e. The lowest BCUT2D eigenvalue weighted by molar-refractivity contribution is 0.0950. The molecule has 0 bridgehead atoms. The lowest BCUT2D eigenvalue weighted by Gasteiger charge is -2.09. The van der Waals surface area contributed by atoms with Gasteiger partial charge in [-0.2, -0.15) is 0 Å². The molecule has 0 radical (unpaired) electrons. The van der Waals surface area contributed by atoms with Crippen molar-refractivity contribution in [2.75, 3.05) is 6.54 Å². The topological polar surface area (TPSA) is 68.0 Å². The van der Waals surface area contributed by atoms with Crippen LogP contribution in [0.25, 0.3) is 22.4 Å². The average Bonchev–Trinajstić information content (AvgIpc) is 2.94. The van der Waals surface area contributed by atoms with Gasteiger partial charge in [-0.3, -0.25) is 4.79 Å². The van der Waals surface area contributed by atoms with Crippen LogP contribution >= 0.6 is 0 Å². The van der Waals surface area contributed by atoms with Crippen molar-refractivity contribution in [2.24, 2.45) is 5.92 Å². The molecule has 3 rings (SSSR count). The first-order valence-electron chi connectivity index (χ1n) is 7.67. The lowest BCUT2D eigenvalue weighted by Crippen LogP contribution is -2.27. The first-order valence-corrected chi connectivity index (χ1v) is 7.67. The standard InChI is InChI=1S/C18H19N3O2/c1-11(2)10-19-17(22)14-9-15(13-7-5-4-6-8-13)20-18-16(14)12(3)21-23-18/h4-9,11H,10H2,1-3H3,(H,19,22). The van der Waals surface area contributed by atoms with E-state index in [-0.39, 0.29) is 5.91 Å². The predicted molar refractivity (Wildman–Crippen MR) is 89.1 cm³/mol. The van der Waals surface area contributed by atoms with Gasteiger partial charge in [0.2, 0.25) is 0 Å². The van der Waals surface area contributed by atoms with Gasteiger partial charge in [0.15, 0.2) is 0 Å². The maximum Gasteiger partial charge on any atom is 0.259 e. The second-order valence-corrected chi connectivity index (χ2v) is 5.97. The fraction of sp³-hybridized carbons (Fsp3) is 0.278. The zero-order valence-electron chi connectivity index (χ0n) is 13.5. The molecule has 0 saturated heterocycles. The van der Waals surface area contributed by atoms with Gasteiger partial charge in [0.1, 0.15) is 0 Å². The molecule has 5 heteroatoms. The van der Waals surface area contributed by atoms with E-state index in [0.29, 0.717) is 40.5 Å². The number of hydrogen-bond donors (Lipinski definition) is 1. The minimum Gasteiger partial charge on any atom is -0.352 e. The molecule has 5 nitrogen and oxygen atoms in total. The minimum atomic E-state index is -0.130. The maximum absolute atomic E-state index is 12.6. The fourth-order valence-corrected chi connectivity index (χ4v) is 2.42. The molecule has 23 heavy (non-hydrogen) atoms. The summed E-state index contributed by atoms with van der Waals surface area (Å²) in [6.07, 6.45) is 0. The van der Waals surface area contributed by atoms with Crippen LogP contribution in [-0.4, -0.2) is 22.6 Å². The van der Waals surface area contributed by atoms with Gasteiger partial charge in [0, 0.05) is 12.1 Å². The molecular weight excluding hydrogens is 290 g/mol. The van der Waals surface area contributed by atoms with E-state index in [0.717, 1.165) is 5.56 Å². The Morgan fingerprint density at radius 2 is 2.00 bits per heavy atom. The zero-order valence-corrected chi connectivity index (χ0v) is 13.5. The highest BCUT2D eigenvalue weighted by molar-refractivity contribution is 6.06. The summed E-state index contributed by atoms with van der Waals surface area (Å²) in [5.41, 5.74) is 3.24. The molecule has 2 heterocycles. The van der Waals surface area contributed by atoms with Gasteiger partial charge >= 0.3 is 0 Å². The van der Waals surface area contributed by atoms with Crippen molar-refractivity contribution in [3.05, 3.63) is 47.7 Å². The van der Waals surface area contributed by atoms with Crippen molar-refractivity contribution in [3.8, 4) is 11.3 Å². The summed E-state index contributed by atoms with van der Waals surface area (Å²) in [6, 6.07) is 11.5. The molecule has 0 unspecified atom stereocenters. The van der Waals surface area contributed by atoms with E-state index in [1.165, 1.54) is 0 Å². The van der Waals surface area contributed by atoms with E-state index < -0.39 is 0 Å². The van der Waals surface area contributed by atoms with E-state index in [1.807, 2.05) is 37.3 Å². The van der Waals surface area contributed by atoms with E-state index in [4.69, 9.17) is 4.52 Å². The molecule has 0 fully saturated rings. The number of nitrogens with one attached hydrogen (secondary N) is 1. The lowest BCUT2D eigenvalue weighted by atomic mass is 10.0. The van der Waals surface area contributed by atoms with Crippen LogP contribution in [0.15, 0.2) is 40.9 Å². The Labute approximate surface area is 134 Å². The molecule has 0 aliphatic rings. The third-order valence-electron chi connectivity index (χ3n) is 3.60. The molecule has 118 valence electrons. The Balaban J connectivity index is 2.10. The van der Waals surface area contributed by atoms with Gasteiger partial charge in [-0.1, -0.05) is 49.3 Å². The van der Waals surface area contributed by atoms with Crippen molar-refractivity contribution in [1.82, 2.24) is 15.5 Å². The van der Waals surface area contributed by atoms with Gasteiger partial charge in [-0.25, -0.2) is 4.98 Å². The molecule has 1 N–H and O–H groups in total. The van der Waals surface area contributed by atoms with Crippen molar-refractivity contribution >= 4 is 17.0 Å². The van der Waals surface area contributed by atoms with Gasteiger partial charge < -0.3 is 9.84 Å². The van der Waals surface area contributed by atoms with Gasteiger partial charge in [-0.15, -0.1) is 0 Å². The Hall–Kier alpha value is -2.69. The van der Waals surface area contributed by atoms with Gasteiger partial charge in [-0.05, 0) is 18.9 Å². The molecule has 0 aliphatic carbocycles. The van der Waals surface area contributed by atoms with E-state index >= 15 is 0 Å². The third-order valence-corrected chi connectivity index (χ3v) is 3.60. The number of rotatable bonds is 4. The third kappa shape index (κ3) is 3.08. The molecule has 1 aromatic carbocycles. The summed E-state index contributed by atoms with van der Waals surface area (Å²) in [5, 5.41) is 7.57. The normalized spacial score (nSPS) is 11.1. The second kappa shape index (κ2) is 6.20. The number of aromatic nitrogens is 2. The summed E-state index contributed by atoms with van der Waals surface area (Å²) in [7, 11) is 0. The molecule has 2 aromatic heterocycles. The maximum atomic E-state index is 12.6. The van der Waals surface area contributed by atoms with Gasteiger partial charge in [0.05, 0.1) is 22.3 Å². The second-order valence-electron chi connectivity index (χ2n) is 5.97. The van der Waals surface area contributed by atoms with Crippen LogP contribution in [0.2, 0.25) is 0 Å². The average molecular weight is 309 g/mol. The van der Waals surface area contributed by atoms with Gasteiger partial charge in [0.25, 0.3) is 11.6 Å². The van der Waals surface area contributed by atoms with Crippen molar-refractivity contribution in [2.45, 2.75) is 20.8 Å². The highest BCUT2D eigenvalue weighted by Crippen LogP contribution is 2.26. The van der Waals surface area contributed by atoms with Crippen LogP contribution in [0.1, 0.15) is 29.9 Å². The first-order chi connectivity index (χ1) is 11.1. The van der Waals surface area contributed by atoms with Crippen molar-refractivity contribution in [1.29, 1.82) is 0 Å². The summed E-state index contributed by atoms with van der Waals surface area (Å²) < 4.78 is 5.29. The summed E-state index contributed by atoms with van der Waals surface area (Å²) in [6.45, 7) is 6.55. The van der Waals surface area contributed by atoms with Crippen LogP contribution in [0, 0.1) is 12.8 Å². The predicted octanol–water partition coefficient (Wildman–Crippen LogP) is 3.58. The monoisotopic (exact) mass is 309 g/mol. The number of carbonyl (C=O) groups is 1. The number of fused-ring (bicyclic) bond motifs is 1. The number of hydrogen-bond acceptors (Lipinski definition) is 4. The molecule has 3 aromatic rings. The van der Waals surface area contributed by atoms with E-state index in [1.54, 1.807) is 6.07 Å². The number of amides is 1. The van der Waals surface area contributed by atoms with E-state index in [9.17, 15) is 4.79 Å². The fourth-order valence-electron chi connectivity index (χ4n) is 2.42. The molecular formula is C18H19N3O2. The van der Waals surface area contributed by atoms with E-state index in [2.05, 4.69) is 29.3 Å². The van der Waals surface area contributed by atoms with Crippen LogP contribution in [0.4, 0.5) is 0 Å². The number of pyridine rings is 1. The Morgan fingerprint density at radius 3 is 2.70 bits per heavy atom. The number of benzene rings is 1. The molecule has 0 spiro atoms. The minimum absolute atomic E-state index is 0.130. The van der Waals surface area contributed by atoms with Crippen LogP contribution in [0.3, 0.4) is 0 Å². The highest BCUT2D eigenvalue weighted by atomic mass is 16.5. The van der Waals surface area contributed by atoms with Crippen LogP contribution in [-0.2, 0) is 0 Å². The molecule has 0 aliphatic heterocycles. The van der Waals surface area contributed by atoms with Crippen LogP contribution < -0.4 is 5.32 Å². The largest absolute Gasteiger partial charge is 0.352 e.